The number of carbonyl (C=O) groups is 2. The molecule has 3 nitrogen and oxygen atoms in total. The van der Waals surface area contributed by atoms with Gasteiger partial charge >= 0.3 is 5.97 Å². The molecular weight excluding hydrogens is 240 g/mol. The van der Waals surface area contributed by atoms with Crippen LogP contribution in [0.25, 0.3) is 0 Å². The highest BCUT2D eigenvalue weighted by molar-refractivity contribution is 6.00. The highest BCUT2D eigenvalue weighted by Crippen LogP contribution is 2.34. The van der Waals surface area contributed by atoms with E-state index in [1.54, 1.807) is 0 Å². The topological polar surface area (TPSA) is 43.4 Å². The van der Waals surface area contributed by atoms with Gasteiger partial charge in [0.1, 0.15) is 11.7 Å². The molecule has 0 N–H and O–H groups in total. The second kappa shape index (κ2) is 7.66. The Morgan fingerprint density at radius 1 is 1.16 bits per heavy atom. The molecule has 0 aromatic heterocycles. The Labute approximate surface area is 117 Å². The summed E-state index contributed by atoms with van der Waals surface area (Å²) in [6.45, 7) is 6.05. The maximum Gasteiger partial charge on any atom is 0.316 e. The zero-order valence-corrected chi connectivity index (χ0v) is 12.8. The number of hydrogen-bond donors (Lipinski definition) is 0. The lowest BCUT2D eigenvalue weighted by Gasteiger charge is -2.30. The maximum atomic E-state index is 12.5. The van der Waals surface area contributed by atoms with Crippen molar-refractivity contribution in [3.05, 3.63) is 0 Å². The zero-order chi connectivity index (χ0) is 14.4. The minimum absolute atomic E-state index is 0.0216. The first kappa shape index (κ1) is 16.2. The average molecular weight is 268 g/mol. The molecule has 0 radical (unpaired) electrons. The third kappa shape index (κ3) is 4.32. The average Bonchev–Trinajstić information content (AvgIpc) is 2.39. The van der Waals surface area contributed by atoms with Crippen molar-refractivity contribution in [2.24, 2.45) is 23.7 Å². The quantitative estimate of drug-likeness (QED) is 0.546. The van der Waals surface area contributed by atoms with Crippen LogP contribution < -0.4 is 0 Å². The van der Waals surface area contributed by atoms with Crippen LogP contribution in [-0.4, -0.2) is 18.9 Å². The molecule has 0 aromatic rings. The van der Waals surface area contributed by atoms with Crippen LogP contribution in [0.2, 0.25) is 0 Å². The summed E-state index contributed by atoms with van der Waals surface area (Å²) in [4.78, 5) is 24.3. The van der Waals surface area contributed by atoms with Crippen molar-refractivity contribution in [2.75, 3.05) is 7.11 Å². The molecule has 0 heterocycles. The van der Waals surface area contributed by atoms with E-state index in [4.69, 9.17) is 4.74 Å². The molecule has 1 aliphatic carbocycles. The van der Waals surface area contributed by atoms with Crippen molar-refractivity contribution in [3.8, 4) is 0 Å². The summed E-state index contributed by atoms with van der Waals surface area (Å²) in [5.74, 6) is 0.0443. The van der Waals surface area contributed by atoms with Gasteiger partial charge in [-0.25, -0.2) is 0 Å². The fraction of sp³-hybridized carbons (Fsp3) is 0.875. The van der Waals surface area contributed by atoms with E-state index in [0.29, 0.717) is 0 Å². The van der Waals surface area contributed by atoms with Crippen LogP contribution in [0.4, 0.5) is 0 Å². The Balaban J connectivity index is 2.60. The lowest BCUT2D eigenvalue weighted by molar-refractivity contribution is -0.152. The van der Waals surface area contributed by atoms with Crippen molar-refractivity contribution < 1.29 is 14.3 Å². The summed E-state index contributed by atoms with van der Waals surface area (Å²) in [7, 11) is 1.36. The number of Topliss-reactive ketones (excluding diaryl/α,β-unsaturated/α-hetero) is 1. The van der Waals surface area contributed by atoms with Gasteiger partial charge in [-0.1, -0.05) is 33.6 Å². The van der Waals surface area contributed by atoms with E-state index in [1.807, 2.05) is 13.8 Å². The third-order valence-electron chi connectivity index (χ3n) is 4.37. The summed E-state index contributed by atoms with van der Waals surface area (Å²) in [6.07, 6.45) is 6.66. The summed E-state index contributed by atoms with van der Waals surface area (Å²) in [5.41, 5.74) is 0. The summed E-state index contributed by atoms with van der Waals surface area (Å²) in [5, 5.41) is 0. The number of methoxy groups -OCH3 is 1. The Bertz CT molecular complexity index is 301. The van der Waals surface area contributed by atoms with Crippen molar-refractivity contribution in [1.29, 1.82) is 0 Å². The predicted molar refractivity (Wildman–Crippen MR) is 75.7 cm³/mol. The van der Waals surface area contributed by atoms with Crippen LogP contribution in [0, 0.1) is 23.7 Å². The molecule has 0 spiro atoms. The molecule has 3 heteroatoms. The molecule has 0 aromatic carbocycles. The highest BCUT2D eigenvalue weighted by atomic mass is 16.5. The SMILES string of the molecule is CCCC1CCC(C(=O)C(C(=O)OC)C(C)C)CC1. The van der Waals surface area contributed by atoms with Crippen molar-refractivity contribution in [2.45, 2.75) is 59.3 Å². The molecule has 1 unspecified atom stereocenters. The number of hydrogen-bond acceptors (Lipinski definition) is 3. The largest absolute Gasteiger partial charge is 0.468 e. The van der Waals surface area contributed by atoms with Gasteiger partial charge in [0.2, 0.25) is 0 Å². The number of rotatable bonds is 6. The Morgan fingerprint density at radius 3 is 2.16 bits per heavy atom. The molecule has 1 aliphatic rings. The zero-order valence-electron chi connectivity index (χ0n) is 12.8. The van der Waals surface area contributed by atoms with Crippen LogP contribution in [0.1, 0.15) is 59.3 Å². The monoisotopic (exact) mass is 268 g/mol. The molecule has 1 fully saturated rings. The van der Waals surface area contributed by atoms with Crippen LogP contribution in [-0.2, 0) is 14.3 Å². The second-order valence-corrected chi connectivity index (χ2v) is 6.15. The van der Waals surface area contributed by atoms with Gasteiger partial charge in [0.25, 0.3) is 0 Å². The van der Waals surface area contributed by atoms with Crippen molar-refractivity contribution >= 4 is 11.8 Å². The Morgan fingerprint density at radius 2 is 1.74 bits per heavy atom. The van der Waals surface area contributed by atoms with Gasteiger partial charge in [0, 0.05) is 5.92 Å². The Hall–Kier alpha value is -0.860. The fourth-order valence-corrected chi connectivity index (χ4v) is 3.24. The molecule has 1 saturated carbocycles. The van der Waals surface area contributed by atoms with E-state index in [0.717, 1.165) is 31.6 Å². The Kier molecular flexibility index (Phi) is 6.53. The number of ketones is 1. The first-order chi connectivity index (χ1) is 9.01. The summed E-state index contributed by atoms with van der Waals surface area (Å²) in [6, 6.07) is 0. The lowest BCUT2D eigenvalue weighted by atomic mass is 9.74. The van der Waals surface area contributed by atoms with Gasteiger partial charge in [-0.2, -0.15) is 0 Å². The normalized spacial score (nSPS) is 25.1. The van der Waals surface area contributed by atoms with Gasteiger partial charge in [-0.15, -0.1) is 0 Å². The summed E-state index contributed by atoms with van der Waals surface area (Å²) >= 11 is 0. The molecule has 1 rings (SSSR count). The number of carbonyl (C=O) groups excluding carboxylic acids is 2. The molecule has 0 aliphatic heterocycles. The van der Waals surface area contributed by atoms with Crippen LogP contribution >= 0.6 is 0 Å². The number of esters is 1. The van der Waals surface area contributed by atoms with Crippen LogP contribution in [0.3, 0.4) is 0 Å². The predicted octanol–water partition coefficient (Wildman–Crippen LogP) is 3.61. The standard InChI is InChI=1S/C16H28O3/c1-5-6-12-7-9-13(10-8-12)15(17)14(11(2)3)16(18)19-4/h11-14H,5-10H2,1-4H3. The van der Waals surface area contributed by atoms with E-state index in [2.05, 4.69) is 6.92 Å². The van der Waals surface area contributed by atoms with Gasteiger partial charge in [-0.05, 0) is 37.5 Å². The van der Waals surface area contributed by atoms with Crippen LogP contribution in [0.15, 0.2) is 0 Å². The van der Waals surface area contributed by atoms with Crippen molar-refractivity contribution in [1.82, 2.24) is 0 Å². The lowest BCUT2D eigenvalue weighted by Crippen LogP contribution is -2.36. The second-order valence-electron chi connectivity index (χ2n) is 6.15. The molecule has 110 valence electrons. The van der Waals surface area contributed by atoms with Gasteiger partial charge in [0.05, 0.1) is 7.11 Å². The van der Waals surface area contributed by atoms with E-state index < -0.39 is 5.92 Å². The van der Waals surface area contributed by atoms with Crippen LogP contribution in [0.5, 0.6) is 0 Å². The first-order valence-electron chi connectivity index (χ1n) is 7.62. The maximum absolute atomic E-state index is 12.5. The minimum atomic E-state index is -0.572. The molecule has 0 amide bonds. The van der Waals surface area contributed by atoms with E-state index in [9.17, 15) is 9.59 Å². The molecule has 0 saturated heterocycles. The smallest absolute Gasteiger partial charge is 0.316 e. The number of ether oxygens (including phenoxy) is 1. The fourth-order valence-electron chi connectivity index (χ4n) is 3.24. The first-order valence-corrected chi connectivity index (χ1v) is 7.62. The van der Waals surface area contributed by atoms with Crippen molar-refractivity contribution in [3.63, 3.8) is 0 Å². The third-order valence-corrected chi connectivity index (χ3v) is 4.37. The van der Waals surface area contributed by atoms with E-state index >= 15 is 0 Å². The minimum Gasteiger partial charge on any atom is -0.468 e. The van der Waals surface area contributed by atoms with E-state index in [-0.39, 0.29) is 23.6 Å². The molecular formula is C16H28O3. The van der Waals surface area contributed by atoms with Gasteiger partial charge in [-0.3, -0.25) is 9.59 Å². The molecule has 19 heavy (non-hydrogen) atoms. The summed E-state index contributed by atoms with van der Waals surface area (Å²) < 4.78 is 4.79. The van der Waals surface area contributed by atoms with E-state index in [1.165, 1.54) is 20.0 Å². The highest BCUT2D eigenvalue weighted by Gasteiger charge is 2.36. The molecule has 1 atom stereocenters. The van der Waals surface area contributed by atoms with Gasteiger partial charge in [0.15, 0.2) is 0 Å². The van der Waals surface area contributed by atoms with Gasteiger partial charge < -0.3 is 4.74 Å². The molecule has 0 bridgehead atoms.